The van der Waals surface area contributed by atoms with Gasteiger partial charge in [0.1, 0.15) is 0 Å². The third-order valence-electron chi connectivity index (χ3n) is 9.52. The van der Waals surface area contributed by atoms with E-state index in [9.17, 15) is 25.2 Å². The standard InChI is InChI=1S/C23H34O8/c1-10-12-9-13(25)14-21-8-6-7-20(3,4)15(21)18(30-11(2)24)23(28,31-19(21)29-5)22(14,16(10)26)17(12)27/h12-19,25-28H,1,6-9H2,2-5H3/t12-,13-,14-,15+,16+,17+,18-,19+,21+,22-,23+/m0/s1. The van der Waals surface area contributed by atoms with Gasteiger partial charge < -0.3 is 34.6 Å². The first-order chi connectivity index (χ1) is 14.4. The van der Waals surface area contributed by atoms with Gasteiger partial charge in [0.25, 0.3) is 0 Å². The van der Waals surface area contributed by atoms with Crippen LogP contribution in [0.3, 0.4) is 0 Å². The van der Waals surface area contributed by atoms with Crippen molar-refractivity contribution < 1.29 is 39.4 Å². The fourth-order valence-corrected chi connectivity index (χ4v) is 8.84. The molecule has 0 aromatic carbocycles. The molecule has 0 radical (unpaired) electrons. The molecular formula is C23H34O8. The number of esters is 1. The van der Waals surface area contributed by atoms with E-state index < -0.39 is 71.0 Å². The molecule has 2 heterocycles. The molecule has 6 rings (SSSR count). The maximum atomic E-state index is 12.3. The fourth-order valence-electron chi connectivity index (χ4n) is 8.84. The van der Waals surface area contributed by atoms with Crippen LogP contribution in [0.4, 0.5) is 0 Å². The summed E-state index contributed by atoms with van der Waals surface area (Å²) < 4.78 is 17.8. The molecule has 4 saturated carbocycles. The van der Waals surface area contributed by atoms with Crippen molar-refractivity contribution in [1.29, 1.82) is 0 Å². The second-order valence-corrected chi connectivity index (χ2v) is 11.1. The minimum absolute atomic E-state index is 0.239. The van der Waals surface area contributed by atoms with Crippen LogP contribution in [0, 0.1) is 34.0 Å². The summed E-state index contributed by atoms with van der Waals surface area (Å²) in [5.74, 6) is -4.56. The van der Waals surface area contributed by atoms with Crippen LogP contribution in [0.5, 0.6) is 0 Å². The number of fused-ring (bicyclic) bond motifs is 2. The van der Waals surface area contributed by atoms with Gasteiger partial charge in [-0.2, -0.15) is 0 Å². The minimum Gasteiger partial charge on any atom is -0.456 e. The lowest BCUT2D eigenvalue weighted by atomic mass is 9.35. The predicted octanol–water partition coefficient (Wildman–Crippen LogP) is 0.711. The van der Waals surface area contributed by atoms with Crippen molar-refractivity contribution in [3.8, 4) is 0 Å². The summed E-state index contributed by atoms with van der Waals surface area (Å²) in [6.45, 7) is 9.40. The summed E-state index contributed by atoms with van der Waals surface area (Å²) in [5, 5.41) is 46.7. The Labute approximate surface area is 182 Å². The largest absolute Gasteiger partial charge is 0.456 e. The van der Waals surface area contributed by atoms with E-state index in [1.807, 2.05) is 0 Å². The molecule has 0 aromatic rings. The molecule has 31 heavy (non-hydrogen) atoms. The smallest absolute Gasteiger partial charge is 0.303 e. The molecule has 2 saturated heterocycles. The van der Waals surface area contributed by atoms with Crippen LogP contribution >= 0.6 is 0 Å². The highest BCUT2D eigenvalue weighted by atomic mass is 16.8. The average molecular weight is 439 g/mol. The molecule has 11 atom stereocenters. The Kier molecular flexibility index (Phi) is 4.43. The molecule has 4 aliphatic carbocycles. The molecule has 0 unspecified atom stereocenters. The van der Waals surface area contributed by atoms with E-state index in [0.717, 1.165) is 12.8 Å². The first-order valence-electron chi connectivity index (χ1n) is 11.2. The molecule has 6 aliphatic rings. The Hall–Kier alpha value is -1.03. The monoisotopic (exact) mass is 438 g/mol. The number of rotatable bonds is 2. The van der Waals surface area contributed by atoms with Crippen molar-refractivity contribution in [3.05, 3.63) is 12.2 Å². The van der Waals surface area contributed by atoms with Gasteiger partial charge in [0, 0.05) is 37.2 Å². The lowest BCUT2D eigenvalue weighted by Crippen LogP contribution is -2.88. The Morgan fingerprint density at radius 3 is 2.48 bits per heavy atom. The van der Waals surface area contributed by atoms with Crippen molar-refractivity contribution in [2.24, 2.45) is 34.0 Å². The summed E-state index contributed by atoms with van der Waals surface area (Å²) >= 11 is 0. The molecule has 8 nitrogen and oxygen atoms in total. The molecule has 6 fully saturated rings. The highest BCUT2D eigenvalue weighted by molar-refractivity contribution is 5.66. The van der Waals surface area contributed by atoms with E-state index >= 15 is 0 Å². The molecule has 4 bridgehead atoms. The second-order valence-electron chi connectivity index (χ2n) is 11.1. The predicted molar refractivity (Wildman–Crippen MR) is 107 cm³/mol. The third-order valence-corrected chi connectivity index (χ3v) is 9.52. The quantitative estimate of drug-likeness (QED) is 0.367. The molecule has 0 amide bonds. The summed E-state index contributed by atoms with van der Waals surface area (Å²) in [6.07, 6.45) is -2.98. The molecule has 174 valence electrons. The van der Waals surface area contributed by atoms with Crippen molar-refractivity contribution in [2.75, 3.05) is 7.11 Å². The first-order valence-corrected chi connectivity index (χ1v) is 11.2. The van der Waals surface area contributed by atoms with Gasteiger partial charge in [-0.15, -0.1) is 0 Å². The summed E-state index contributed by atoms with van der Waals surface area (Å²) in [5.41, 5.74) is -2.56. The highest BCUT2D eigenvalue weighted by Gasteiger charge is 2.89. The zero-order chi connectivity index (χ0) is 22.7. The van der Waals surface area contributed by atoms with Crippen LogP contribution in [0.2, 0.25) is 0 Å². The number of hydrogen-bond acceptors (Lipinski definition) is 8. The Balaban J connectivity index is 1.85. The van der Waals surface area contributed by atoms with Gasteiger partial charge in [-0.1, -0.05) is 26.8 Å². The Morgan fingerprint density at radius 2 is 1.87 bits per heavy atom. The van der Waals surface area contributed by atoms with Crippen LogP contribution < -0.4 is 0 Å². The van der Waals surface area contributed by atoms with Gasteiger partial charge in [-0.25, -0.2) is 0 Å². The molecule has 4 N–H and O–H groups in total. The first kappa shape index (κ1) is 21.8. The SMILES string of the molecule is C=C1[C@@H](O)[C@]23[C@H](O)[C@H]1C[C@H](O)[C@H]2[C@]12CCCC(C)(C)[C@H]1[C@H](OC(C)=O)[C@@]3(O)O[C@H]2OC. The van der Waals surface area contributed by atoms with Gasteiger partial charge >= 0.3 is 5.97 Å². The summed E-state index contributed by atoms with van der Waals surface area (Å²) in [4.78, 5) is 12.2. The van der Waals surface area contributed by atoms with E-state index in [-0.39, 0.29) is 11.8 Å². The number of carbonyl (C=O) groups excluding carboxylic acids is 1. The zero-order valence-electron chi connectivity index (χ0n) is 18.6. The second kappa shape index (κ2) is 6.30. The summed E-state index contributed by atoms with van der Waals surface area (Å²) in [6, 6.07) is 0. The van der Waals surface area contributed by atoms with Crippen molar-refractivity contribution in [1.82, 2.24) is 0 Å². The number of carbonyl (C=O) groups is 1. The van der Waals surface area contributed by atoms with E-state index in [1.165, 1.54) is 14.0 Å². The molecular weight excluding hydrogens is 404 g/mol. The lowest BCUT2D eigenvalue weighted by molar-refractivity contribution is -0.521. The summed E-state index contributed by atoms with van der Waals surface area (Å²) in [7, 11) is 1.49. The number of methoxy groups -OCH3 is 1. The molecule has 2 spiro atoms. The van der Waals surface area contributed by atoms with E-state index in [2.05, 4.69) is 20.4 Å². The number of aliphatic hydroxyl groups is 4. The number of hydrogen-bond donors (Lipinski definition) is 4. The highest BCUT2D eigenvalue weighted by Crippen LogP contribution is 2.79. The molecule has 2 aliphatic heterocycles. The fraction of sp³-hybridized carbons (Fsp3) is 0.870. The maximum Gasteiger partial charge on any atom is 0.303 e. The van der Waals surface area contributed by atoms with E-state index in [1.54, 1.807) is 0 Å². The van der Waals surface area contributed by atoms with Gasteiger partial charge in [0.15, 0.2) is 12.4 Å². The van der Waals surface area contributed by atoms with Gasteiger partial charge in [-0.05, 0) is 30.3 Å². The van der Waals surface area contributed by atoms with Gasteiger partial charge in [0.05, 0.1) is 23.7 Å². The van der Waals surface area contributed by atoms with Gasteiger partial charge in [0.2, 0.25) is 5.79 Å². The van der Waals surface area contributed by atoms with Crippen LogP contribution in [0.1, 0.15) is 46.5 Å². The Morgan fingerprint density at radius 1 is 1.19 bits per heavy atom. The molecule has 8 heteroatoms. The van der Waals surface area contributed by atoms with Crippen molar-refractivity contribution in [2.45, 2.75) is 82.9 Å². The zero-order valence-corrected chi connectivity index (χ0v) is 18.6. The number of ether oxygens (including phenoxy) is 3. The van der Waals surface area contributed by atoms with Gasteiger partial charge in [-0.3, -0.25) is 4.79 Å². The number of aliphatic hydroxyl groups excluding tert-OH is 3. The lowest BCUT2D eigenvalue weighted by Gasteiger charge is -2.77. The van der Waals surface area contributed by atoms with Crippen LogP contribution in [0.25, 0.3) is 0 Å². The van der Waals surface area contributed by atoms with E-state index in [4.69, 9.17) is 14.2 Å². The van der Waals surface area contributed by atoms with Crippen molar-refractivity contribution >= 4 is 5.97 Å². The average Bonchev–Trinajstić information content (AvgIpc) is 2.79. The van der Waals surface area contributed by atoms with Crippen LogP contribution in [0.15, 0.2) is 12.2 Å². The third kappa shape index (κ3) is 2.15. The van der Waals surface area contributed by atoms with Crippen molar-refractivity contribution in [3.63, 3.8) is 0 Å². The topological polar surface area (TPSA) is 126 Å². The normalized spacial score (nSPS) is 56.7. The van der Waals surface area contributed by atoms with Crippen LogP contribution in [-0.4, -0.2) is 70.0 Å². The molecule has 0 aromatic heterocycles. The minimum atomic E-state index is -2.26. The van der Waals surface area contributed by atoms with E-state index in [0.29, 0.717) is 12.0 Å². The maximum absolute atomic E-state index is 12.3. The van der Waals surface area contributed by atoms with Crippen LogP contribution in [-0.2, 0) is 19.0 Å². The Bertz CT molecular complexity index is 826.